The summed E-state index contributed by atoms with van der Waals surface area (Å²) >= 11 is 0. The first kappa shape index (κ1) is 16.8. The molecule has 0 saturated carbocycles. The Morgan fingerprint density at radius 2 is 1.63 bits per heavy atom. The van der Waals surface area contributed by atoms with Gasteiger partial charge in [-0.2, -0.15) is 9.97 Å². The summed E-state index contributed by atoms with van der Waals surface area (Å²) < 4.78 is 13.4. The van der Waals surface area contributed by atoms with E-state index in [1.807, 2.05) is 18.2 Å². The van der Waals surface area contributed by atoms with Gasteiger partial charge in [0.25, 0.3) is 0 Å². The molecule has 7 heteroatoms. The molecule has 0 saturated heterocycles. The van der Waals surface area contributed by atoms with Crippen molar-refractivity contribution >= 4 is 34.3 Å². The third-order valence-electron chi connectivity index (χ3n) is 4.18. The largest absolute Gasteiger partial charge is 0.338 e. The molecule has 0 fully saturated rings. The number of nitrogens with one attached hydrogen (secondary N) is 2. The molecule has 2 N–H and O–H groups in total. The minimum atomic E-state index is -0.339. The van der Waals surface area contributed by atoms with Gasteiger partial charge in [0.2, 0.25) is 5.95 Å². The zero-order valence-corrected chi connectivity index (χ0v) is 14.9. The number of hydrogen-bond acceptors (Lipinski definition) is 6. The van der Waals surface area contributed by atoms with Crippen molar-refractivity contribution in [2.45, 2.75) is 13.8 Å². The van der Waals surface area contributed by atoms with Crippen LogP contribution in [0.1, 0.15) is 11.1 Å². The number of hydrogen-bond donors (Lipinski definition) is 2. The molecule has 0 aliphatic rings. The van der Waals surface area contributed by atoms with Crippen molar-refractivity contribution in [3.63, 3.8) is 0 Å². The number of benzene rings is 2. The first-order chi connectivity index (χ1) is 13.1. The zero-order valence-electron chi connectivity index (χ0n) is 14.9. The van der Waals surface area contributed by atoms with Crippen LogP contribution < -0.4 is 10.6 Å². The van der Waals surface area contributed by atoms with Crippen LogP contribution in [0.25, 0.3) is 11.2 Å². The number of nitrogens with zero attached hydrogens (tertiary/aromatic N) is 4. The minimum Gasteiger partial charge on any atom is -0.338 e. The Morgan fingerprint density at radius 1 is 0.815 bits per heavy atom. The maximum Gasteiger partial charge on any atom is 0.231 e. The number of anilines is 4. The average molecular weight is 360 g/mol. The molecule has 0 bridgehead atoms. The molecule has 0 radical (unpaired) electrons. The molecule has 0 atom stereocenters. The van der Waals surface area contributed by atoms with Crippen LogP contribution in [0, 0.1) is 19.7 Å². The van der Waals surface area contributed by atoms with E-state index in [1.165, 1.54) is 23.3 Å². The maximum atomic E-state index is 13.4. The van der Waals surface area contributed by atoms with E-state index in [0.29, 0.717) is 28.6 Å². The quantitative estimate of drug-likeness (QED) is 0.551. The van der Waals surface area contributed by atoms with Crippen LogP contribution in [-0.4, -0.2) is 19.9 Å². The normalized spacial score (nSPS) is 10.8. The first-order valence-corrected chi connectivity index (χ1v) is 8.44. The van der Waals surface area contributed by atoms with Crippen LogP contribution >= 0.6 is 0 Å². The molecule has 0 aliphatic carbocycles. The number of aryl methyl sites for hydroxylation is 2. The monoisotopic (exact) mass is 360 g/mol. The van der Waals surface area contributed by atoms with Gasteiger partial charge in [0.1, 0.15) is 5.82 Å². The van der Waals surface area contributed by atoms with E-state index in [2.05, 4.69) is 44.4 Å². The summed E-state index contributed by atoms with van der Waals surface area (Å²) in [6.07, 6.45) is 3.16. The summed E-state index contributed by atoms with van der Waals surface area (Å²) in [6.45, 7) is 4.11. The van der Waals surface area contributed by atoms with Gasteiger partial charge in [-0.15, -0.1) is 0 Å². The molecule has 4 aromatic rings. The second-order valence-corrected chi connectivity index (χ2v) is 6.18. The van der Waals surface area contributed by atoms with Crippen molar-refractivity contribution in [3.05, 3.63) is 71.8 Å². The van der Waals surface area contributed by atoms with Crippen LogP contribution in [0.3, 0.4) is 0 Å². The second kappa shape index (κ2) is 6.95. The molecular weight excluding hydrogens is 343 g/mol. The van der Waals surface area contributed by atoms with Crippen molar-refractivity contribution in [1.82, 2.24) is 19.9 Å². The van der Waals surface area contributed by atoms with Crippen LogP contribution in [0.4, 0.5) is 27.5 Å². The first-order valence-electron chi connectivity index (χ1n) is 8.44. The van der Waals surface area contributed by atoms with E-state index in [-0.39, 0.29) is 5.82 Å². The van der Waals surface area contributed by atoms with Crippen molar-refractivity contribution in [2.75, 3.05) is 10.6 Å². The van der Waals surface area contributed by atoms with Crippen LogP contribution in [0.2, 0.25) is 0 Å². The minimum absolute atomic E-state index is 0.305. The number of aromatic nitrogens is 4. The van der Waals surface area contributed by atoms with Gasteiger partial charge >= 0.3 is 0 Å². The summed E-state index contributed by atoms with van der Waals surface area (Å²) in [4.78, 5) is 17.5. The summed E-state index contributed by atoms with van der Waals surface area (Å²) in [5.74, 6) is 0.490. The van der Waals surface area contributed by atoms with Crippen LogP contribution in [-0.2, 0) is 0 Å². The van der Waals surface area contributed by atoms with E-state index in [1.54, 1.807) is 24.5 Å². The summed E-state index contributed by atoms with van der Waals surface area (Å²) in [7, 11) is 0. The molecule has 2 heterocycles. The third-order valence-corrected chi connectivity index (χ3v) is 4.18. The number of halogens is 1. The second-order valence-electron chi connectivity index (χ2n) is 6.18. The molecule has 2 aromatic heterocycles. The molecule has 0 amide bonds. The van der Waals surface area contributed by atoms with Gasteiger partial charge in [-0.25, -0.2) is 14.4 Å². The highest BCUT2D eigenvalue weighted by Gasteiger charge is 2.11. The fourth-order valence-electron chi connectivity index (χ4n) is 2.66. The highest BCUT2D eigenvalue weighted by Crippen LogP contribution is 2.25. The SMILES string of the molecule is Cc1ccc(Nc2nc(Nc3cccc(F)c3)nc3nccnc23)cc1C. The van der Waals surface area contributed by atoms with E-state index >= 15 is 0 Å². The lowest BCUT2D eigenvalue weighted by Crippen LogP contribution is -2.04. The zero-order chi connectivity index (χ0) is 18.8. The summed E-state index contributed by atoms with van der Waals surface area (Å²) in [6, 6.07) is 12.2. The standard InChI is InChI=1S/C20H17FN6/c1-12-6-7-16(10-13(12)2)24-19-17-18(23-9-8-22-17)26-20(27-19)25-15-5-3-4-14(21)11-15/h3-11H,1-2H3,(H2,23,24,25,26,27). The van der Waals surface area contributed by atoms with Crippen LogP contribution in [0.5, 0.6) is 0 Å². The molecule has 0 aliphatic heterocycles. The van der Waals surface area contributed by atoms with Gasteiger partial charge in [0, 0.05) is 23.8 Å². The summed E-state index contributed by atoms with van der Waals surface area (Å²) in [5, 5.41) is 6.30. The molecule has 134 valence electrons. The molecular formula is C20H17FN6. The Labute approximate surface area is 155 Å². The Balaban J connectivity index is 1.75. The van der Waals surface area contributed by atoms with Gasteiger partial charge in [-0.3, -0.25) is 0 Å². The average Bonchev–Trinajstić information content (AvgIpc) is 2.65. The van der Waals surface area contributed by atoms with E-state index in [9.17, 15) is 4.39 Å². The third kappa shape index (κ3) is 3.67. The van der Waals surface area contributed by atoms with Crippen molar-refractivity contribution in [2.24, 2.45) is 0 Å². The highest BCUT2D eigenvalue weighted by atomic mass is 19.1. The summed E-state index contributed by atoms with van der Waals surface area (Å²) in [5.41, 5.74) is 4.82. The molecule has 27 heavy (non-hydrogen) atoms. The van der Waals surface area contributed by atoms with Crippen molar-refractivity contribution in [1.29, 1.82) is 0 Å². The fraction of sp³-hybridized carbons (Fsp3) is 0.100. The van der Waals surface area contributed by atoms with Gasteiger partial charge in [-0.1, -0.05) is 12.1 Å². The Hall–Kier alpha value is -3.61. The Bertz CT molecular complexity index is 1130. The van der Waals surface area contributed by atoms with Crippen molar-refractivity contribution < 1.29 is 4.39 Å². The van der Waals surface area contributed by atoms with Gasteiger partial charge < -0.3 is 10.6 Å². The van der Waals surface area contributed by atoms with Gasteiger partial charge in [0.15, 0.2) is 17.0 Å². The smallest absolute Gasteiger partial charge is 0.231 e. The van der Waals surface area contributed by atoms with Gasteiger partial charge in [0.05, 0.1) is 0 Å². The topological polar surface area (TPSA) is 75.6 Å². The molecule has 4 rings (SSSR count). The molecule has 0 unspecified atom stereocenters. The molecule has 2 aromatic carbocycles. The highest BCUT2D eigenvalue weighted by molar-refractivity contribution is 5.86. The fourth-order valence-corrected chi connectivity index (χ4v) is 2.66. The Kier molecular flexibility index (Phi) is 4.33. The van der Waals surface area contributed by atoms with Gasteiger partial charge in [-0.05, 0) is 55.3 Å². The Morgan fingerprint density at radius 3 is 2.44 bits per heavy atom. The lowest BCUT2D eigenvalue weighted by molar-refractivity contribution is 0.628. The van der Waals surface area contributed by atoms with Crippen molar-refractivity contribution in [3.8, 4) is 0 Å². The number of fused-ring (bicyclic) bond motifs is 1. The van der Waals surface area contributed by atoms with E-state index in [4.69, 9.17) is 0 Å². The van der Waals surface area contributed by atoms with Crippen LogP contribution in [0.15, 0.2) is 54.9 Å². The number of rotatable bonds is 4. The van der Waals surface area contributed by atoms with E-state index in [0.717, 1.165) is 5.69 Å². The van der Waals surface area contributed by atoms with E-state index < -0.39 is 0 Å². The lowest BCUT2D eigenvalue weighted by Gasteiger charge is -2.12. The predicted octanol–water partition coefficient (Wildman–Crippen LogP) is 4.66. The maximum absolute atomic E-state index is 13.4. The molecule has 0 spiro atoms. The molecule has 6 nitrogen and oxygen atoms in total. The predicted molar refractivity (Wildman–Crippen MR) is 104 cm³/mol. The lowest BCUT2D eigenvalue weighted by atomic mass is 10.1.